The van der Waals surface area contributed by atoms with Crippen LogP contribution in [0.1, 0.15) is 26.2 Å². The minimum absolute atomic E-state index is 1.11. The number of hydrogen-bond donors (Lipinski definition) is 0. The van der Waals surface area contributed by atoms with Gasteiger partial charge in [0.15, 0.2) is 0 Å². The van der Waals surface area contributed by atoms with Gasteiger partial charge in [-0.25, -0.2) is 0 Å². The van der Waals surface area contributed by atoms with Crippen molar-refractivity contribution < 1.29 is 13.3 Å². The summed E-state index contributed by atoms with van der Waals surface area (Å²) in [4.78, 5) is 0. The molecule has 4 heteroatoms. The molecule has 0 aromatic carbocycles. The van der Waals surface area contributed by atoms with Crippen LogP contribution >= 0.6 is 0 Å². The van der Waals surface area contributed by atoms with Gasteiger partial charge >= 0.3 is 8.80 Å². The fraction of sp³-hybridized carbons (Fsp3) is 0.636. The van der Waals surface area contributed by atoms with Gasteiger partial charge in [-0.15, -0.1) is 0 Å². The Kier molecular flexibility index (Phi) is 8.60. The molecule has 0 bridgehead atoms. The highest BCUT2D eigenvalue weighted by molar-refractivity contribution is 6.66. The predicted molar refractivity (Wildman–Crippen MR) is 64.6 cm³/mol. The molecule has 0 aromatic heterocycles. The van der Waals surface area contributed by atoms with Gasteiger partial charge in [-0.2, -0.15) is 0 Å². The Morgan fingerprint density at radius 3 is 2.07 bits per heavy atom. The molecule has 0 unspecified atom stereocenters. The molecule has 0 amide bonds. The Morgan fingerprint density at radius 1 is 1.00 bits per heavy atom. The van der Waals surface area contributed by atoms with Crippen molar-refractivity contribution in [2.45, 2.75) is 26.2 Å². The van der Waals surface area contributed by atoms with Crippen LogP contribution in [0.25, 0.3) is 0 Å². The molecule has 0 spiro atoms. The maximum atomic E-state index is 5.24. The molecular formula is C11H22O3Si. The fourth-order valence-corrected chi connectivity index (χ4v) is 2.38. The standard InChI is InChI=1S/C11H22O3Si/c1-5-6-7-8-9-10-11-15(12-2,13-3)14-4/h8-11H,5-7H2,1-4H3/b9-8+,11-10+. The van der Waals surface area contributed by atoms with Crippen LogP contribution in [0.15, 0.2) is 23.9 Å². The van der Waals surface area contributed by atoms with Gasteiger partial charge < -0.3 is 13.3 Å². The molecule has 3 nitrogen and oxygen atoms in total. The number of rotatable bonds is 8. The first-order valence-electron chi connectivity index (χ1n) is 5.24. The third kappa shape index (κ3) is 5.89. The SMILES string of the molecule is CCCC/C=C/C=C/[Si](OC)(OC)OC. The molecule has 0 atom stereocenters. The molecule has 0 rings (SSSR count). The monoisotopic (exact) mass is 230 g/mol. The molecule has 0 aliphatic rings. The average molecular weight is 230 g/mol. The number of hydrogen-bond acceptors (Lipinski definition) is 3. The van der Waals surface area contributed by atoms with Gasteiger partial charge in [0.1, 0.15) is 0 Å². The molecule has 0 saturated heterocycles. The summed E-state index contributed by atoms with van der Waals surface area (Å²) < 4.78 is 15.7. The van der Waals surface area contributed by atoms with Gasteiger partial charge in [-0.05, 0) is 12.1 Å². The van der Waals surface area contributed by atoms with Crippen molar-refractivity contribution in [2.75, 3.05) is 21.3 Å². The van der Waals surface area contributed by atoms with Gasteiger partial charge in [0.2, 0.25) is 0 Å². The molecule has 15 heavy (non-hydrogen) atoms. The molecule has 0 saturated carbocycles. The van der Waals surface area contributed by atoms with Gasteiger partial charge in [-0.1, -0.05) is 38.0 Å². The lowest BCUT2D eigenvalue weighted by atomic mass is 10.2. The Morgan fingerprint density at radius 2 is 1.60 bits per heavy atom. The van der Waals surface area contributed by atoms with Crippen LogP contribution in [0.4, 0.5) is 0 Å². The van der Waals surface area contributed by atoms with Crippen LogP contribution in [0, 0.1) is 0 Å². The van der Waals surface area contributed by atoms with Crippen molar-refractivity contribution in [1.82, 2.24) is 0 Å². The molecule has 0 aromatic rings. The van der Waals surface area contributed by atoms with E-state index in [9.17, 15) is 0 Å². The summed E-state index contributed by atoms with van der Waals surface area (Å²) in [7, 11) is 2.29. The van der Waals surface area contributed by atoms with Crippen molar-refractivity contribution in [3.8, 4) is 0 Å². The van der Waals surface area contributed by atoms with Gasteiger partial charge in [0.05, 0.1) is 0 Å². The van der Waals surface area contributed by atoms with Crippen molar-refractivity contribution in [2.24, 2.45) is 0 Å². The normalized spacial score (nSPS) is 13.1. The summed E-state index contributed by atoms with van der Waals surface area (Å²) in [5.41, 5.74) is 1.87. The van der Waals surface area contributed by atoms with Crippen molar-refractivity contribution >= 4 is 8.80 Å². The summed E-state index contributed by atoms with van der Waals surface area (Å²) in [5, 5.41) is 0. The van der Waals surface area contributed by atoms with E-state index in [4.69, 9.17) is 13.3 Å². The molecule has 0 N–H and O–H groups in total. The first-order valence-corrected chi connectivity index (χ1v) is 7.04. The van der Waals surface area contributed by atoms with E-state index in [0.29, 0.717) is 0 Å². The second kappa shape index (κ2) is 8.85. The van der Waals surface area contributed by atoms with Gasteiger partial charge in [0.25, 0.3) is 0 Å². The Hall–Kier alpha value is -0.423. The van der Waals surface area contributed by atoms with Crippen LogP contribution in [0.5, 0.6) is 0 Å². The molecule has 0 heterocycles. The first kappa shape index (κ1) is 14.6. The van der Waals surface area contributed by atoms with Crippen LogP contribution in [-0.2, 0) is 13.3 Å². The lowest BCUT2D eigenvalue weighted by Crippen LogP contribution is -2.40. The summed E-state index contributed by atoms with van der Waals surface area (Å²) in [6, 6.07) is 0. The zero-order valence-corrected chi connectivity index (χ0v) is 11.2. The van der Waals surface area contributed by atoms with Crippen LogP contribution < -0.4 is 0 Å². The fourth-order valence-electron chi connectivity index (χ4n) is 1.12. The van der Waals surface area contributed by atoms with E-state index in [0.717, 1.165) is 6.42 Å². The average Bonchev–Trinajstić information content (AvgIpc) is 2.29. The molecule has 0 aliphatic carbocycles. The number of unbranched alkanes of at least 4 members (excludes halogenated alkanes) is 2. The Bertz CT molecular complexity index is 190. The van der Waals surface area contributed by atoms with E-state index in [1.807, 2.05) is 17.9 Å². The highest BCUT2D eigenvalue weighted by Crippen LogP contribution is 2.07. The summed E-state index contributed by atoms with van der Waals surface area (Å²) in [6.45, 7) is 2.18. The summed E-state index contributed by atoms with van der Waals surface area (Å²) >= 11 is 0. The van der Waals surface area contributed by atoms with Gasteiger partial charge in [0, 0.05) is 21.3 Å². The third-order valence-electron chi connectivity index (χ3n) is 2.13. The lowest BCUT2D eigenvalue weighted by molar-refractivity contribution is 0.138. The van der Waals surface area contributed by atoms with Crippen LogP contribution in [-0.4, -0.2) is 30.1 Å². The number of allylic oxidation sites excluding steroid dienone is 3. The third-order valence-corrected chi connectivity index (χ3v) is 4.43. The van der Waals surface area contributed by atoms with E-state index < -0.39 is 8.80 Å². The van der Waals surface area contributed by atoms with Crippen LogP contribution in [0.3, 0.4) is 0 Å². The van der Waals surface area contributed by atoms with E-state index in [2.05, 4.69) is 13.0 Å². The Balaban J connectivity index is 4.05. The van der Waals surface area contributed by atoms with Gasteiger partial charge in [-0.3, -0.25) is 0 Å². The largest absolute Gasteiger partial charge is 0.528 e. The van der Waals surface area contributed by atoms with Crippen molar-refractivity contribution in [3.05, 3.63) is 23.9 Å². The highest BCUT2D eigenvalue weighted by atomic mass is 28.4. The maximum Gasteiger partial charge on any atom is 0.528 e. The molecule has 88 valence electrons. The minimum Gasteiger partial charge on any atom is -0.374 e. The second-order valence-corrected chi connectivity index (χ2v) is 5.91. The topological polar surface area (TPSA) is 27.7 Å². The lowest BCUT2D eigenvalue weighted by Gasteiger charge is -2.19. The first-order chi connectivity index (χ1) is 7.24. The Labute approximate surface area is 94.1 Å². The van der Waals surface area contributed by atoms with Crippen LogP contribution in [0.2, 0.25) is 0 Å². The second-order valence-electron chi connectivity index (χ2n) is 3.15. The van der Waals surface area contributed by atoms with Crippen molar-refractivity contribution in [1.29, 1.82) is 0 Å². The maximum absolute atomic E-state index is 5.24. The quantitative estimate of drug-likeness (QED) is 0.364. The molecular weight excluding hydrogens is 208 g/mol. The zero-order valence-electron chi connectivity index (χ0n) is 10.2. The molecule has 0 radical (unpaired) electrons. The van der Waals surface area contributed by atoms with E-state index in [1.54, 1.807) is 21.3 Å². The highest BCUT2D eigenvalue weighted by Gasteiger charge is 2.33. The van der Waals surface area contributed by atoms with Crippen molar-refractivity contribution in [3.63, 3.8) is 0 Å². The molecule has 0 fully saturated rings. The molecule has 0 aliphatic heterocycles. The summed E-state index contributed by atoms with van der Waals surface area (Å²) in [5.74, 6) is 0. The predicted octanol–water partition coefficient (Wildman–Crippen LogP) is 2.71. The summed E-state index contributed by atoms with van der Waals surface area (Å²) in [6.07, 6.45) is 9.64. The minimum atomic E-state index is -2.52. The van der Waals surface area contributed by atoms with E-state index in [1.165, 1.54) is 12.8 Å². The van der Waals surface area contributed by atoms with E-state index >= 15 is 0 Å². The zero-order chi connectivity index (χ0) is 11.6. The smallest absolute Gasteiger partial charge is 0.374 e. The van der Waals surface area contributed by atoms with E-state index in [-0.39, 0.29) is 0 Å².